The first-order chi connectivity index (χ1) is 10.2. The molecule has 1 saturated heterocycles. The maximum atomic E-state index is 12.5. The number of aromatic nitrogens is 2. The van der Waals surface area contributed by atoms with Crippen molar-refractivity contribution in [1.29, 1.82) is 0 Å². The van der Waals surface area contributed by atoms with E-state index in [1.807, 2.05) is 0 Å². The number of nitrogens with two attached hydrogens (primary N) is 1. The Hall–Kier alpha value is -2.12. The molecule has 2 aromatic rings. The summed E-state index contributed by atoms with van der Waals surface area (Å²) in [7, 11) is 0. The molecule has 7 nitrogen and oxygen atoms in total. The van der Waals surface area contributed by atoms with Crippen LogP contribution < -0.4 is 11.4 Å². The number of fused-ring (bicyclic) bond motifs is 1. The zero-order valence-electron chi connectivity index (χ0n) is 11.7. The Balaban J connectivity index is 1.97. The van der Waals surface area contributed by atoms with Crippen molar-refractivity contribution in [2.24, 2.45) is 5.73 Å². The van der Waals surface area contributed by atoms with Gasteiger partial charge in [-0.15, -0.1) is 0 Å². The van der Waals surface area contributed by atoms with E-state index in [0.29, 0.717) is 56.0 Å². The summed E-state index contributed by atoms with van der Waals surface area (Å²) in [5.74, 6) is -0.0341. The van der Waals surface area contributed by atoms with Gasteiger partial charge >= 0.3 is 5.69 Å². The average molecular weight is 290 g/mol. The summed E-state index contributed by atoms with van der Waals surface area (Å²) in [6, 6.07) is 5.25. The van der Waals surface area contributed by atoms with Gasteiger partial charge in [0.15, 0.2) is 0 Å². The number of ether oxygens (including phenoxy) is 1. The number of imidazole rings is 1. The van der Waals surface area contributed by atoms with Crippen molar-refractivity contribution in [3.63, 3.8) is 0 Å². The van der Waals surface area contributed by atoms with E-state index < -0.39 is 0 Å². The first-order valence-electron chi connectivity index (χ1n) is 7.00. The molecule has 3 rings (SSSR count). The van der Waals surface area contributed by atoms with Crippen LogP contribution in [0.1, 0.15) is 10.4 Å². The number of nitrogens with zero attached hydrogens (tertiary/aromatic N) is 2. The molecule has 0 bridgehead atoms. The summed E-state index contributed by atoms with van der Waals surface area (Å²) in [6.07, 6.45) is 0. The summed E-state index contributed by atoms with van der Waals surface area (Å²) >= 11 is 0. The lowest BCUT2D eigenvalue weighted by molar-refractivity contribution is 0.0303. The predicted molar refractivity (Wildman–Crippen MR) is 78.3 cm³/mol. The van der Waals surface area contributed by atoms with Crippen molar-refractivity contribution >= 4 is 16.9 Å². The number of hydrogen-bond donors (Lipinski definition) is 2. The van der Waals surface area contributed by atoms with Crippen LogP contribution in [-0.4, -0.2) is 53.2 Å². The van der Waals surface area contributed by atoms with Gasteiger partial charge in [0.05, 0.1) is 24.2 Å². The number of carbonyl (C=O) groups excluding carboxylic acids is 1. The van der Waals surface area contributed by atoms with E-state index >= 15 is 0 Å². The van der Waals surface area contributed by atoms with Gasteiger partial charge in [-0.2, -0.15) is 0 Å². The fourth-order valence-electron chi connectivity index (χ4n) is 2.59. The molecule has 21 heavy (non-hydrogen) atoms. The third kappa shape index (κ3) is 2.57. The molecule has 1 fully saturated rings. The summed E-state index contributed by atoms with van der Waals surface area (Å²) in [5.41, 5.74) is 7.33. The molecule has 0 aliphatic carbocycles. The van der Waals surface area contributed by atoms with Crippen molar-refractivity contribution in [1.82, 2.24) is 14.5 Å². The normalized spacial score (nSPS) is 15.6. The van der Waals surface area contributed by atoms with Gasteiger partial charge in [-0.1, -0.05) is 0 Å². The first kappa shape index (κ1) is 13.8. The lowest BCUT2D eigenvalue weighted by atomic mass is 10.1. The molecule has 0 atom stereocenters. The molecular formula is C14H18N4O3. The van der Waals surface area contributed by atoms with Gasteiger partial charge in [-0.25, -0.2) is 4.79 Å². The van der Waals surface area contributed by atoms with E-state index in [-0.39, 0.29) is 11.6 Å². The minimum atomic E-state index is -0.202. The van der Waals surface area contributed by atoms with E-state index in [1.54, 1.807) is 27.7 Å². The molecule has 0 spiro atoms. The Morgan fingerprint density at radius 2 is 2.10 bits per heavy atom. The topological polar surface area (TPSA) is 93.3 Å². The number of aromatic amines is 1. The SMILES string of the molecule is NCCn1c(=O)[nH]c2ccc(C(=O)N3CCOCC3)cc21. The fourth-order valence-corrected chi connectivity index (χ4v) is 2.59. The average Bonchev–Trinajstić information content (AvgIpc) is 2.83. The molecule has 1 aromatic carbocycles. The molecule has 2 heterocycles. The Bertz CT molecular complexity index is 713. The van der Waals surface area contributed by atoms with Gasteiger partial charge in [0.1, 0.15) is 0 Å². The number of rotatable bonds is 3. The Morgan fingerprint density at radius 1 is 1.33 bits per heavy atom. The molecule has 112 valence electrons. The van der Waals surface area contributed by atoms with Gasteiger partial charge < -0.3 is 20.4 Å². The van der Waals surface area contributed by atoms with Crippen LogP contribution in [0.4, 0.5) is 0 Å². The number of benzene rings is 1. The van der Waals surface area contributed by atoms with Crippen LogP contribution in [-0.2, 0) is 11.3 Å². The quantitative estimate of drug-likeness (QED) is 0.816. The van der Waals surface area contributed by atoms with Gasteiger partial charge in [0.25, 0.3) is 5.91 Å². The molecule has 7 heteroatoms. The smallest absolute Gasteiger partial charge is 0.326 e. The predicted octanol–water partition coefficient (Wildman–Crippen LogP) is -0.239. The van der Waals surface area contributed by atoms with E-state index in [2.05, 4.69) is 4.98 Å². The number of carbonyl (C=O) groups is 1. The lowest BCUT2D eigenvalue weighted by Crippen LogP contribution is -2.40. The molecule has 0 saturated carbocycles. The van der Waals surface area contributed by atoms with Gasteiger partial charge in [0.2, 0.25) is 0 Å². The van der Waals surface area contributed by atoms with E-state index in [4.69, 9.17) is 10.5 Å². The van der Waals surface area contributed by atoms with Crippen molar-refractivity contribution in [2.75, 3.05) is 32.8 Å². The summed E-state index contributed by atoms with van der Waals surface area (Å²) in [5, 5.41) is 0. The third-order valence-electron chi connectivity index (χ3n) is 3.67. The van der Waals surface area contributed by atoms with Crippen LogP contribution in [0.25, 0.3) is 11.0 Å². The number of amides is 1. The molecule has 0 radical (unpaired) electrons. The van der Waals surface area contributed by atoms with Crippen molar-refractivity contribution in [3.8, 4) is 0 Å². The minimum Gasteiger partial charge on any atom is -0.378 e. The van der Waals surface area contributed by atoms with Crippen molar-refractivity contribution in [2.45, 2.75) is 6.54 Å². The van der Waals surface area contributed by atoms with Crippen LogP contribution >= 0.6 is 0 Å². The van der Waals surface area contributed by atoms with Crippen LogP contribution in [0.15, 0.2) is 23.0 Å². The van der Waals surface area contributed by atoms with Gasteiger partial charge in [-0.3, -0.25) is 9.36 Å². The van der Waals surface area contributed by atoms with Crippen LogP contribution in [0.5, 0.6) is 0 Å². The second-order valence-electron chi connectivity index (χ2n) is 5.01. The van der Waals surface area contributed by atoms with Crippen LogP contribution in [0.3, 0.4) is 0 Å². The van der Waals surface area contributed by atoms with E-state index in [9.17, 15) is 9.59 Å². The van der Waals surface area contributed by atoms with Crippen molar-refractivity contribution < 1.29 is 9.53 Å². The Kier molecular flexibility index (Phi) is 3.76. The molecule has 1 amide bonds. The fraction of sp³-hybridized carbons (Fsp3) is 0.429. The largest absolute Gasteiger partial charge is 0.378 e. The Labute approximate surface area is 121 Å². The summed E-state index contributed by atoms with van der Waals surface area (Å²) in [6.45, 7) is 3.12. The highest BCUT2D eigenvalue weighted by Crippen LogP contribution is 2.15. The molecule has 0 unspecified atom stereocenters. The van der Waals surface area contributed by atoms with Gasteiger partial charge in [0, 0.05) is 31.7 Å². The zero-order chi connectivity index (χ0) is 14.8. The molecule has 1 aliphatic rings. The molecular weight excluding hydrogens is 272 g/mol. The summed E-state index contributed by atoms with van der Waals surface area (Å²) in [4.78, 5) is 28.8. The van der Waals surface area contributed by atoms with Crippen molar-refractivity contribution in [3.05, 3.63) is 34.2 Å². The van der Waals surface area contributed by atoms with Gasteiger partial charge in [-0.05, 0) is 18.2 Å². The molecule has 1 aliphatic heterocycles. The molecule has 1 aromatic heterocycles. The Morgan fingerprint density at radius 3 is 2.81 bits per heavy atom. The van der Waals surface area contributed by atoms with Crippen LogP contribution in [0.2, 0.25) is 0 Å². The lowest BCUT2D eigenvalue weighted by Gasteiger charge is -2.26. The van der Waals surface area contributed by atoms with E-state index in [0.717, 1.165) is 0 Å². The highest BCUT2D eigenvalue weighted by atomic mass is 16.5. The number of hydrogen-bond acceptors (Lipinski definition) is 4. The number of H-pyrrole nitrogens is 1. The van der Waals surface area contributed by atoms with E-state index in [1.165, 1.54) is 0 Å². The number of nitrogens with one attached hydrogen (secondary N) is 1. The highest BCUT2D eigenvalue weighted by molar-refractivity contribution is 5.97. The first-order valence-corrected chi connectivity index (χ1v) is 7.00. The minimum absolute atomic E-state index is 0.0341. The maximum absolute atomic E-state index is 12.5. The number of morpholine rings is 1. The standard InChI is InChI=1S/C14H18N4O3/c15-3-4-18-12-9-10(1-2-11(12)16-14(18)20)13(19)17-5-7-21-8-6-17/h1-2,9H,3-8,15H2,(H,16,20). The highest BCUT2D eigenvalue weighted by Gasteiger charge is 2.19. The monoisotopic (exact) mass is 290 g/mol. The summed E-state index contributed by atoms with van der Waals surface area (Å²) < 4.78 is 6.81. The second-order valence-corrected chi connectivity index (χ2v) is 5.01. The third-order valence-corrected chi connectivity index (χ3v) is 3.67. The maximum Gasteiger partial charge on any atom is 0.326 e. The second kappa shape index (κ2) is 5.71. The van der Waals surface area contributed by atoms with Crippen LogP contribution in [0, 0.1) is 0 Å². The molecule has 3 N–H and O–H groups in total. The zero-order valence-corrected chi connectivity index (χ0v) is 11.7.